The molecule has 5 heteroatoms. The fraction of sp³-hybridized carbons (Fsp3) is 0.235. The average molecular weight is 301 g/mol. The van der Waals surface area contributed by atoms with Gasteiger partial charge in [0.15, 0.2) is 0 Å². The quantitative estimate of drug-likeness (QED) is 0.588. The Kier molecular flexibility index (Phi) is 5.52. The number of carboxylic acids is 1. The van der Waals surface area contributed by atoms with E-state index in [2.05, 4.69) is 5.32 Å². The molecule has 2 aromatic carbocycles. The smallest absolute Gasteiger partial charge is 0.320 e. The van der Waals surface area contributed by atoms with E-state index in [1.165, 1.54) is 12.1 Å². The van der Waals surface area contributed by atoms with Crippen LogP contribution in [0.25, 0.3) is 0 Å². The summed E-state index contributed by atoms with van der Waals surface area (Å²) in [6.45, 7) is 0. The maximum absolute atomic E-state index is 11.3. The number of aliphatic carboxylic acids is 1. The zero-order chi connectivity index (χ0) is 15.9. The summed E-state index contributed by atoms with van der Waals surface area (Å²) in [5.41, 5.74) is 1.47. The van der Waals surface area contributed by atoms with Crippen LogP contribution in [0.4, 0.5) is 0 Å². The van der Waals surface area contributed by atoms with Crippen LogP contribution >= 0.6 is 0 Å². The number of aromatic hydroxyl groups is 1. The Bertz CT molecular complexity index is 615. The minimum atomic E-state index is -1.15. The fourth-order valence-electron chi connectivity index (χ4n) is 2.22. The maximum atomic E-state index is 11.3. The summed E-state index contributed by atoms with van der Waals surface area (Å²) < 4.78 is 0. The van der Waals surface area contributed by atoms with Gasteiger partial charge < -0.3 is 15.3 Å². The van der Waals surface area contributed by atoms with Crippen LogP contribution in [0.15, 0.2) is 54.6 Å². The van der Waals surface area contributed by atoms with Crippen molar-refractivity contribution in [2.24, 2.45) is 0 Å². The number of phenolic OH excluding ortho intramolecular Hbond substituents is 1. The van der Waals surface area contributed by atoms with Gasteiger partial charge in [0.1, 0.15) is 18.0 Å². The van der Waals surface area contributed by atoms with Gasteiger partial charge in [-0.1, -0.05) is 42.5 Å². The number of hydrogen-bond donors (Lipinski definition) is 4. The van der Waals surface area contributed by atoms with E-state index in [4.69, 9.17) is 0 Å². The summed E-state index contributed by atoms with van der Waals surface area (Å²) in [7, 11) is 0. The lowest BCUT2D eigenvalue weighted by Gasteiger charge is -2.19. The van der Waals surface area contributed by atoms with Gasteiger partial charge in [0.25, 0.3) is 0 Å². The highest BCUT2D eigenvalue weighted by molar-refractivity contribution is 5.73. The molecule has 0 heterocycles. The zero-order valence-electron chi connectivity index (χ0n) is 12.0. The molecule has 2 atom stereocenters. The number of hydrogen-bond acceptors (Lipinski definition) is 4. The summed E-state index contributed by atoms with van der Waals surface area (Å²) >= 11 is 0. The number of carboxylic acid groups (broad SMARTS) is 1. The Hall–Kier alpha value is -2.37. The number of nitrogens with one attached hydrogen (secondary N) is 1. The van der Waals surface area contributed by atoms with E-state index in [0.717, 1.165) is 5.56 Å². The number of carbonyl (C=O) groups is 1. The van der Waals surface area contributed by atoms with Crippen LogP contribution in [0.2, 0.25) is 0 Å². The Morgan fingerprint density at radius 3 is 2.45 bits per heavy atom. The van der Waals surface area contributed by atoms with Gasteiger partial charge in [-0.15, -0.1) is 0 Å². The van der Waals surface area contributed by atoms with Crippen molar-refractivity contribution >= 4 is 5.97 Å². The Morgan fingerprint density at radius 2 is 1.82 bits per heavy atom. The summed E-state index contributed by atoms with van der Waals surface area (Å²) in [6, 6.07) is 14.8. The molecule has 0 saturated carbocycles. The Labute approximate surface area is 128 Å². The van der Waals surface area contributed by atoms with Crippen LogP contribution in [0.5, 0.6) is 5.75 Å². The van der Waals surface area contributed by atoms with Gasteiger partial charge in [0.2, 0.25) is 0 Å². The number of rotatable bonds is 7. The molecule has 0 saturated heterocycles. The van der Waals surface area contributed by atoms with Gasteiger partial charge >= 0.3 is 5.97 Å². The van der Waals surface area contributed by atoms with Gasteiger partial charge in [-0.2, -0.15) is 0 Å². The van der Waals surface area contributed by atoms with Crippen molar-refractivity contribution < 1.29 is 20.1 Å². The normalized spacial score (nSPS) is 13.5. The topological polar surface area (TPSA) is 89.8 Å². The lowest BCUT2D eigenvalue weighted by Crippen LogP contribution is -2.39. The highest BCUT2D eigenvalue weighted by atomic mass is 16.4. The highest BCUT2D eigenvalue weighted by Gasteiger charge is 2.21. The zero-order valence-corrected chi connectivity index (χ0v) is 12.0. The van der Waals surface area contributed by atoms with Gasteiger partial charge in [-0.3, -0.25) is 10.1 Å². The first-order valence-corrected chi connectivity index (χ1v) is 7.06. The molecular weight excluding hydrogens is 282 g/mol. The molecule has 0 aliphatic carbocycles. The van der Waals surface area contributed by atoms with Crippen molar-refractivity contribution in [1.82, 2.24) is 5.32 Å². The molecule has 1 unspecified atom stereocenters. The van der Waals surface area contributed by atoms with Crippen molar-refractivity contribution in [1.29, 1.82) is 0 Å². The molecule has 0 aliphatic heterocycles. The third kappa shape index (κ3) is 4.58. The van der Waals surface area contributed by atoms with E-state index in [-0.39, 0.29) is 5.75 Å². The van der Waals surface area contributed by atoms with Crippen LogP contribution < -0.4 is 5.32 Å². The monoisotopic (exact) mass is 301 g/mol. The minimum absolute atomic E-state index is 0.0227. The number of benzene rings is 2. The Morgan fingerprint density at radius 1 is 1.09 bits per heavy atom. The van der Waals surface area contributed by atoms with Crippen molar-refractivity contribution in [2.45, 2.75) is 25.1 Å². The van der Waals surface area contributed by atoms with Crippen LogP contribution in [0.3, 0.4) is 0 Å². The lowest BCUT2D eigenvalue weighted by molar-refractivity contribution is -0.140. The lowest BCUT2D eigenvalue weighted by atomic mass is 10.0. The van der Waals surface area contributed by atoms with Crippen molar-refractivity contribution in [2.75, 3.05) is 0 Å². The van der Waals surface area contributed by atoms with Crippen molar-refractivity contribution in [3.05, 3.63) is 65.7 Å². The third-order valence-corrected chi connectivity index (χ3v) is 3.41. The molecule has 116 valence electrons. The molecule has 0 aliphatic rings. The second-order valence-corrected chi connectivity index (χ2v) is 5.08. The Balaban J connectivity index is 1.98. The molecular formula is C17H19NO4. The molecule has 0 bridgehead atoms. The van der Waals surface area contributed by atoms with Gasteiger partial charge in [0.05, 0.1) is 0 Å². The van der Waals surface area contributed by atoms with Crippen molar-refractivity contribution in [3.63, 3.8) is 0 Å². The second kappa shape index (κ2) is 7.59. The molecule has 22 heavy (non-hydrogen) atoms. The third-order valence-electron chi connectivity index (χ3n) is 3.41. The van der Waals surface area contributed by atoms with E-state index in [1.54, 1.807) is 12.1 Å². The molecule has 0 radical (unpaired) electrons. The second-order valence-electron chi connectivity index (χ2n) is 5.08. The first-order valence-electron chi connectivity index (χ1n) is 7.06. The van der Waals surface area contributed by atoms with E-state index in [9.17, 15) is 20.1 Å². The molecule has 5 nitrogen and oxygen atoms in total. The molecule has 4 N–H and O–H groups in total. The number of aryl methyl sites for hydroxylation is 1. The van der Waals surface area contributed by atoms with Gasteiger partial charge in [-0.05, 0) is 36.1 Å². The van der Waals surface area contributed by atoms with Crippen LogP contribution in [-0.4, -0.2) is 27.3 Å². The van der Waals surface area contributed by atoms with E-state index in [0.29, 0.717) is 18.4 Å². The maximum Gasteiger partial charge on any atom is 0.320 e. The van der Waals surface area contributed by atoms with Crippen LogP contribution in [0, 0.1) is 0 Å². The highest BCUT2D eigenvalue weighted by Crippen LogP contribution is 2.17. The predicted molar refractivity (Wildman–Crippen MR) is 82.4 cm³/mol. The summed E-state index contributed by atoms with van der Waals surface area (Å²) in [5, 5.41) is 31.4. The van der Waals surface area contributed by atoms with Crippen molar-refractivity contribution in [3.8, 4) is 5.75 Å². The molecule has 2 rings (SSSR count). The van der Waals surface area contributed by atoms with Crippen LogP contribution in [0.1, 0.15) is 23.8 Å². The van der Waals surface area contributed by atoms with Gasteiger partial charge in [0, 0.05) is 0 Å². The molecule has 0 spiro atoms. The van der Waals surface area contributed by atoms with Gasteiger partial charge in [-0.25, -0.2) is 0 Å². The largest absolute Gasteiger partial charge is 0.508 e. The fourth-order valence-corrected chi connectivity index (χ4v) is 2.22. The first kappa shape index (κ1) is 16.0. The molecule has 2 aromatic rings. The molecule has 0 amide bonds. The summed E-state index contributed by atoms with van der Waals surface area (Å²) in [5.74, 6) is -0.996. The van der Waals surface area contributed by atoms with Crippen LogP contribution in [-0.2, 0) is 11.2 Å². The standard InChI is InChI=1S/C17H19NO4/c19-14-8-4-7-13(11-14)16(20)18-15(17(21)22)10-9-12-5-2-1-3-6-12/h1-8,11,15-16,18-20H,9-10H2,(H,21,22)/t15-,16?/m0/s1. The minimum Gasteiger partial charge on any atom is -0.508 e. The number of aliphatic hydroxyl groups is 1. The average Bonchev–Trinajstić information content (AvgIpc) is 2.52. The summed E-state index contributed by atoms with van der Waals surface area (Å²) in [4.78, 5) is 11.3. The SMILES string of the molecule is O=C(O)[C@H](CCc1ccccc1)NC(O)c1cccc(O)c1. The first-order chi connectivity index (χ1) is 10.6. The van der Waals surface area contributed by atoms with E-state index >= 15 is 0 Å². The molecule has 0 aromatic heterocycles. The number of phenols is 1. The van der Waals surface area contributed by atoms with E-state index < -0.39 is 18.2 Å². The number of aliphatic hydroxyl groups excluding tert-OH is 1. The summed E-state index contributed by atoms with van der Waals surface area (Å²) in [6.07, 6.45) is -0.198. The molecule has 0 fully saturated rings. The van der Waals surface area contributed by atoms with E-state index in [1.807, 2.05) is 30.3 Å². The predicted octanol–water partition coefficient (Wildman–Crippen LogP) is 2.06.